The Hall–Kier alpha value is -2.63. The van der Waals surface area contributed by atoms with E-state index < -0.39 is 0 Å². The lowest BCUT2D eigenvalue weighted by atomic mass is 10.2. The van der Waals surface area contributed by atoms with Crippen molar-refractivity contribution in [1.82, 2.24) is 15.1 Å². The smallest absolute Gasteiger partial charge is 0.310 e. The van der Waals surface area contributed by atoms with Gasteiger partial charge in [0.2, 0.25) is 0 Å². The van der Waals surface area contributed by atoms with Crippen LogP contribution in [0.2, 0.25) is 0 Å². The molecule has 0 saturated carbocycles. The van der Waals surface area contributed by atoms with E-state index in [-0.39, 0.29) is 31.4 Å². The van der Waals surface area contributed by atoms with E-state index in [1.807, 2.05) is 19.2 Å². The number of rotatable bonds is 7. The standard InChI is InChI=1S/C16H19N3O3/c1-2-19-12-13(11-18-19)10-15(20)22-9-8-17-16(21)14-6-4-3-5-7-14/h3-7,11-12H,2,8-10H2,1H3,(H,17,21). The molecule has 0 aliphatic heterocycles. The molecule has 0 atom stereocenters. The van der Waals surface area contributed by atoms with Crippen LogP contribution >= 0.6 is 0 Å². The van der Waals surface area contributed by atoms with Crippen molar-refractivity contribution in [3.05, 3.63) is 53.9 Å². The zero-order valence-corrected chi connectivity index (χ0v) is 12.5. The topological polar surface area (TPSA) is 73.2 Å². The molecule has 0 bridgehead atoms. The second-order valence-electron chi connectivity index (χ2n) is 4.72. The minimum atomic E-state index is -0.329. The van der Waals surface area contributed by atoms with Crippen LogP contribution in [-0.2, 0) is 22.5 Å². The second kappa shape index (κ2) is 7.97. The molecule has 0 radical (unpaired) electrons. The van der Waals surface area contributed by atoms with Gasteiger partial charge in [0.15, 0.2) is 0 Å². The molecule has 0 saturated heterocycles. The van der Waals surface area contributed by atoms with Crippen molar-refractivity contribution in [1.29, 1.82) is 0 Å². The average molecular weight is 301 g/mol. The van der Waals surface area contributed by atoms with E-state index >= 15 is 0 Å². The van der Waals surface area contributed by atoms with E-state index in [4.69, 9.17) is 4.74 Å². The summed E-state index contributed by atoms with van der Waals surface area (Å²) in [6, 6.07) is 8.90. The van der Waals surface area contributed by atoms with Gasteiger partial charge >= 0.3 is 5.97 Å². The van der Waals surface area contributed by atoms with Gasteiger partial charge in [-0.05, 0) is 19.1 Å². The molecule has 2 aromatic rings. The fourth-order valence-corrected chi connectivity index (χ4v) is 1.91. The van der Waals surface area contributed by atoms with E-state index in [0.29, 0.717) is 5.56 Å². The molecule has 1 amide bonds. The molecule has 116 valence electrons. The molecule has 22 heavy (non-hydrogen) atoms. The van der Waals surface area contributed by atoms with Gasteiger partial charge in [-0.15, -0.1) is 0 Å². The highest BCUT2D eigenvalue weighted by molar-refractivity contribution is 5.94. The molecule has 2 rings (SSSR count). The predicted octanol–water partition coefficient (Wildman–Crippen LogP) is 1.42. The molecule has 0 unspecified atom stereocenters. The largest absolute Gasteiger partial charge is 0.464 e. The number of aryl methyl sites for hydroxylation is 1. The Balaban J connectivity index is 1.66. The summed E-state index contributed by atoms with van der Waals surface area (Å²) in [7, 11) is 0. The highest BCUT2D eigenvalue weighted by Gasteiger charge is 2.08. The van der Waals surface area contributed by atoms with Crippen LogP contribution in [0.3, 0.4) is 0 Å². The maximum absolute atomic E-state index is 11.8. The molecule has 0 aliphatic rings. The van der Waals surface area contributed by atoms with Gasteiger partial charge in [-0.25, -0.2) is 0 Å². The predicted molar refractivity (Wildman–Crippen MR) is 81.3 cm³/mol. The number of aromatic nitrogens is 2. The Labute approximate surface area is 129 Å². The lowest BCUT2D eigenvalue weighted by Crippen LogP contribution is -2.28. The lowest BCUT2D eigenvalue weighted by molar-refractivity contribution is -0.142. The fraction of sp³-hybridized carbons (Fsp3) is 0.312. The minimum Gasteiger partial charge on any atom is -0.464 e. The first-order valence-corrected chi connectivity index (χ1v) is 7.19. The highest BCUT2D eigenvalue weighted by Crippen LogP contribution is 2.00. The van der Waals surface area contributed by atoms with Crippen molar-refractivity contribution in [2.75, 3.05) is 13.2 Å². The molecule has 1 aromatic carbocycles. The quantitative estimate of drug-likeness (QED) is 0.620. The summed E-state index contributed by atoms with van der Waals surface area (Å²) in [4.78, 5) is 23.4. The zero-order chi connectivity index (χ0) is 15.8. The Kier molecular flexibility index (Phi) is 5.71. The van der Waals surface area contributed by atoms with Gasteiger partial charge in [0, 0.05) is 23.9 Å². The Bertz CT molecular complexity index is 623. The fourth-order valence-electron chi connectivity index (χ4n) is 1.91. The van der Waals surface area contributed by atoms with Gasteiger partial charge in [-0.3, -0.25) is 14.3 Å². The van der Waals surface area contributed by atoms with Crippen LogP contribution in [0.1, 0.15) is 22.8 Å². The van der Waals surface area contributed by atoms with Crippen molar-refractivity contribution in [2.24, 2.45) is 0 Å². The van der Waals surface area contributed by atoms with E-state index in [1.54, 1.807) is 35.1 Å². The number of nitrogens with one attached hydrogen (secondary N) is 1. The molecule has 1 heterocycles. The maximum atomic E-state index is 11.8. The normalized spacial score (nSPS) is 10.2. The molecule has 1 aromatic heterocycles. The number of amides is 1. The first kappa shape index (κ1) is 15.8. The van der Waals surface area contributed by atoms with E-state index in [0.717, 1.165) is 12.1 Å². The van der Waals surface area contributed by atoms with Crippen LogP contribution in [0.5, 0.6) is 0 Å². The number of carbonyl (C=O) groups excluding carboxylic acids is 2. The van der Waals surface area contributed by atoms with Crippen LogP contribution < -0.4 is 5.32 Å². The summed E-state index contributed by atoms with van der Waals surface area (Å²) in [6.07, 6.45) is 3.66. The average Bonchev–Trinajstić information content (AvgIpc) is 2.99. The van der Waals surface area contributed by atoms with Gasteiger partial charge < -0.3 is 10.1 Å². The lowest BCUT2D eigenvalue weighted by Gasteiger charge is -2.06. The van der Waals surface area contributed by atoms with Crippen molar-refractivity contribution >= 4 is 11.9 Å². The van der Waals surface area contributed by atoms with E-state index in [1.165, 1.54) is 0 Å². The van der Waals surface area contributed by atoms with Crippen molar-refractivity contribution in [3.63, 3.8) is 0 Å². The number of esters is 1. The van der Waals surface area contributed by atoms with E-state index in [9.17, 15) is 9.59 Å². The zero-order valence-electron chi connectivity index (χ0n) is 12.5. The SMILES string of the molecule is CCn1cc(CC(=O)OCCNC(=O)c2ccccc2)cn1. The van der Waals surface area contributed by atoms with Crippen LogP contribution in [0, 0.1) is 0 Å². The van der Waals surface area contributed by atoms with E-state index in [2.05, 4.69) is 10.4 Å². The summed E-state index contributed by atoms with van der Waals surface area (Å²) in [5.74, 6) is -0.509. The van der Waals surface area contributed by atoms with Gasteiger partial charge in [0.1, 0.15) is 6.61 Å². The van der Waals surface area contributed by atoms with Crippen LogP contribution in [0.15, 0.2) is 42.7 Å². The highest BCUT2D eigenvalue weighted by atomic mass is 16.5. The number of benzene rings is 1. The van der Waals surface area contributed by atoms with Gasteiger partial charge in [0.05, 0.1) is 19.2 Å². The summed E-state index contributed by atoms with van der Waals surface area (Å²) in [5.41, 5.74) is 1.40. The Morgan fingerprint density at radius 1 is 1.27 bits per heavy atom. The Morgan fingerprint density at radius 3 is 2.73 bits per heavy atom. The van der Waals surface area contributed by atoms with Gasteiger partial charge in [-0.1, -0.05) is 18.2 Å². The molecular formula is C16H19N3O3. The summed E-state index contributed by atoms with van der Waals surface area (Å²) in [5, 5.41) is 6.79. The summed E-state index contributed by atoms with van der Waals surface area (Å²) < 4.78 is 6.84. The van der Waals surface area contributed by atoms with Crippen molar-refractivity contribution in [2.45, 2.75) is 19.9 Å². The third-order valence-corrected chi connectivity index (χ3v) is 3.05. The van der Waals surface area contributed by atoms with Gasteiger partial charge in [-0.2, -0.15) is 5.10 Å². The third kappa shape index (κ3) is 4.73. The number of hydrogen-bond donors (Lipinski definition) is 1. The van der Waals surface area contributed by atoms with Crippen molar-refractivity contribution in [3.8, 4) is 0 Å². The maximum Gasteiger partial charge on any atom is 0.310 e. The summed E-state index contributed by atoms with van der Waals surface area (Å²) in [6.45, 7) is 3.18. The first-order valence-electron chi connectivity index (χ1n) is 7.19. The van der Waals surface area contributed by atoms with Crippen LogP contribution in [-0.4, -0.2) is 34.8 Å². The second-order valence-corrected chi connectivity index (χ2v) is 4.72. The molecule has 1 N–H and O–H groups in total. The van der Waals surface area contributed by atoms with Crippen LogP contribution in [0.25, 0.3) is 0 Å². The number of carbonyl (C=O) groups is 2. The van der Waals surface area contributed by atoms with Gasteiger partial charge in [0.25, 0.3) is 5.91 Å². The molecule has 6 heteroatoms. The third-order valence-electron chi connectivity index (χ3n) is 3.05. The monoisotopic (exact) mass is 301 g/mol. The number of hydrogen-bond acceptors (Lipinski definition) is 4. The molecule has 6 nitrogen and oxygen atoms in total. The minimum absolute atomic E-state index is 0.152. The Morgan fingerprint density at radius 2 is 2.05 bits per heavy atom. The summed E-state index contributed by atoms with van der Waals surface area (Å²) >= 11 is 0. The molecular weight excluding hydrogens is 282 g/mol. The first-order chi connectivity index (χ1) is 10.7. The molecule has 0 fully saturated rings. The van der Waals surface area contributed by atoms with Crippen molar-refractivity contribution < 1.29 is 14.3 Å². The molecule has 0 spiro atoms. The van der Waals surface area contributed by atoms with Crippen LogP contribution in [0.4, 0.5) is 0 Å². The number of ether oxygens (including phenoxy) is 1. The molecule has 0 aliphatic carbocycles. The number of nitrogens with zero attached hydrogens (tertiary/aromatic N) is 2.